The van der Waals surface area contributed by atoms with Gasteiger partial charge in [0, 0.05) is 5.38 Å². The molecule has 0 spiro atoms. The first-order valence-electron chi connectivity index (χ1n) is 3.18. The molecular weight excluding hydrogens is 178 g/mol. The summed E-state index contributed by atoms with van der Waals surface area (Å²) in [5, 5.41) is 20.2. The maximum atomic E-state index is 10.3. The Balaban J connectivity index is 2.77. The molecule has 0 aliphatic carbocycles. The van der Waals surface area contributed by atoms with E-state index >= 15 is 0 Å². The molecule has 0 bridgehead atoms. The largest absolute Gasteiger partial charge is 0.542 e. The first-order chi connectivity index (χ1) is 5.74. The molecule has 12 heavy (non-hydrogen) atoms. The minimum absolute atomic E-state index is 0.0485. The second kappa shape index (κ2) is 3.99. The van der Waals surface area contributed by atoms with Gasteiger partial charge in [0.25, 0.3) is 0 Å². The molecule has 64 valence electrons. The average molecular weight is 184 g/mol. The SMILES string of the molecule is O=C([O-])c1nc(C=CCO)cs1. The Kier molecular flexibility index (Phi) is 2.95. The molecule has 4 nitrogen and oxygen atoms in total. The maximum absolute atomic E-state index is 10.3. The predicted molar refractivity (Wildman–Crippen MR) is 42.6 cm³/mol. The lowest BCUT2D eigenvalue weighted by molar-refractivity contribution is -0.255. The molecule has 1 rings (SSSR count). The van der Waals surface area contributed by atoms with Gasteiger partial charge >= 0.3 is 0 Å². The quantitative estimate of drug-likeness (QED) is 0.688. The molecule has 1 aromatic rings. The van der Waals surface area contributed by atoms with Crippen LogP contribution < -0.4 is 5.11 Å². The number of hydrogen-bond acceptors (Lipinski definition) is 5. The van der Waals surface area contributed by atoms with Crippen molar-refractivity contribution in [3.8, 4) is 0 Å². The topological polar surface area (TPSA) is 73.2 Å². The average Bonchev–Trinajstić information content (AvgIpc) is 2.48. The summed E-state index contributed by atoms with van der Waals surface area (Å²) in [5.41, 5.74) is 0.522. The zero-order valence-corrected chi connectivity index (χ0v) is 6.87. The van der Waals surface area contributed by atoms with E-state index in [-0.39, 0.29) is 11.6 Å². The lowest BCUT2D eigenvalue weighted by atomic mass is 10.4. The molecule has 0 atom stereocenters. The van der Waals surface area contributed by atoms with Crippen molar-refractivity contribution in [1.29, 1.82) is 0 Å². The van der Waals surface area contributed by atoms with Crippen molar-refractivity contribution < 1.29 is 15.0 Å². The van der Waals surface area contributed by atoms with Crippen molar-refractivity contribution >= 4 is 23.4 Å². The van der Waals surface area contributed by atoms with Crippen LogP contribution in [0.1, 0.15) is 15.5 Å². The van der Waals surface area contributed by atoms with Crippen LogP contribution in [0, 0.1) is 0 Å². The smallest absolute Gasteiger partial charge is 0.139 e. The van der Waals surface area contributed by atoms with E-state index in [0.717, 1.165) is 11.3 Å². The molecule has 0 unspecified atom stereocenters. The Labute approximate surface area is 72.8 Å². The normalized spacial score (nSPS) is 10.8. The minimum Gasteiger partial charge on any atom is -0.542 e. The van der Waals surface area contributed by atoms with Gasteiger partial charge in [0.05, 0.1) is 12.3 Å². The summed E-state index contributed by atoms with van der Waals surface area (Å²) in [6, 6.07) is 0. The van der Waals surface area contributed by atoms with Crippen LogP contribution in [0.25, 0.3) is 6.08 Å². The Morgan fingerprint density at radius 2 is 2.58 bits per heavy atom. The van der Waals surface area contributed by atoms with Gasteiger partial charge in [-0.05, 0) is 6.08 Å². The summed E-state index contributed by atoms with van der Waals surface area (Å²) in [5.74, 6) is -1.27. The van der Waals surface area contributed by atoms with Crippen LogP contribution in [0.3, 0.4) is 0 Å². The maximum Gasteiger partial charge on any atom is 0.139 e. The summed E-state index contributed by atoms with van der Waals surface area (Å²) in [6.07, 6.45) is 3.02. The highest BCUT2D eigenvalue weighted by atomic mass is 32.1. The zero-order valence-electron chi connectivity index (χ0n) is 6.06. The highest BCUT2D eigenvalue weighted by molar-refractivity contribution is 7.11. The second-order valence-corrected chi connectivity index (χ2v) is 2.81. The summed E-state index contributed by atoms with van der Waals surface area (Å²) in [6.45, 7) is -0.0851. The summed E-state index contributed by atoms with van der Waals surface area (Å²) >= 11 is 1.00. The predicted octanol–water partition coefficient (Wildman–Crippen LogP) is -0.488. The fraction of sp³-hybridized carbons (Fsp3) is 0.143. The number of carboxylic acid groups (broad SMARTS) is 1. The van der Waals surface area contributed by atoms with Gasteiger partial charge in [0.15, 0.2) is 0 Å². The Bertz CT molecular complexity index is 305. The number of nitrogens with zero attached hydrogens (tertiary/aromatic N) is 1. The van der Waals surface area contributed by atoms with Crippen LogP contribution in [0.5, 0.6) is 0 Å². The third kappa shape index (κ3) is 2.14. The number of rotatable bonds is 3. The number of carbonyl (C=O) groups excluding carboxylic acids is 1. The Morgan fingerprint density at radius 1 is 1.83 bits per heavy atom. The Morgan fingerprint density at radius 3 is 3.08 bits per heavy atom. The molecule has 0 amide bonds. The van der Waals surface area contributed by atoms with E-state index in [9.17, 15) is 9.90 Å². The number of carboxylic acids is 1. The molecule has 0 aliphatic heterocycles. The highest BCUT2D eigenvalue weighted by Gasteiger charge is 1.98. The van der Waals surface area contributed by atoms with Crippen molar-refractivity contribution in [2.75, 3.05) is 6.61 Å². The minimum atomic E-state index is -1.27. The molecule has 0 saturated heterocycles. The van der Waals surface area contributed by atoms with E-state index in [2.05, 4.69) is 4.98 Å². The molecule has 0 aromatic carbocycles. The first-order valence-corrected chi connectivity index (χ1v) is 4.06. The van der Waals surface area contributed by atoms with Gasteiger partial charge in [-0.3, -0.25) is 0 Å². The number of thiazole rings is 1. The van der Waals surface area contributed by atoms with E-state index < -0.39 is 5.97 Å². The fourth-order valence-electron chi connectivity index (χ4n) is 0.630. The van der Waals surface area contributed by atoms with Crippen LogP contribution in [-0.4, -0.2) is 22.7 Å². The summed E-state index contributed by atoms with van der Waals surface area (Å²) < 4.78 is 0. The number of aromatic nitrogens is 1. The molecule has 1 aromatic heterocycles. The van der Waals surface area contributed by atoms with Gasteiger partial charge < -0.3 is 15.0 Å². The fourth-order valence-corrected chi connectivity index (χ4v) is 1.25. The van der Waals surface area contributed by atoms with Crippen LogP contribution in [0.15, 0.2) is 11.5 Å². The third-order valence-corrected chi connectivity index (χ3v) is 1.93. The lowest BCUT2D eigenvalue weighted by Crippen LogP contribution is -2.21. The van der Waals surface area contributed by atoms with Crippen LogP contribution in [0.2, 0.25) is 0 Å². The molecule has 1 N–H and O–H groups in total. The van der Waals surface area contributed by atoms with Crippen molar-refractivity contribution in [3.05, 3.63) is 22.2 Å². The van der Waals surface area contributed by atoms with Gasteiger partial charge in [-0.1, -0.05) is 6.08 Å². The van der Waals surface area contributed by atoms with Crippen LogP contribution in [-0.2, 0) is 0 Å². The summed E-state index contributed by atoms with van der Waals surface area (Å²) in [4.78, 5) is 14.0. The standard InChI is InChI=1S/C7H7NO3S/c9-3-1-2-5-4-12-6(8-5)7(10)11/h1-2,4,9H,3H2,(H,10,11)/p-1. The molecule has 0 fully saturated rings. The van der Waals surface area contributed by atoms with Crippen LogP contribution in [0.4, 0.5) is 0 Å². The Hall–Kier alpha value is -1.20. The summed E-state index contributed by atoms with van der Waals surface area (Å²) in [7, 11) is 0. The van der Waals surface area contributed by atoms with E-state index in [0.29, 0.717) is 5.69 Å². The molecule has 0 aliphatic rings. The van der Waals surface area contributed by atoms with Crippen molar-refractivity contribution in [2.45, 2.75) is 0 Å². The monoisotopic (exact) mass is 184 g/mol. The van der Waals surface area contributed by atoms with E-state index in [4.69, 9.17) is 5.11 Å². The number of aromatic carboxylic acids is 1. The van der Waals surface area contributed by atoms with Crippen LogP contribution >= 0.6 is 11.3 Å². The van der Waals surface area contributed by atoms with E-state index in [1.54, 1.807) is 11.5 Å². The third-order valence-electron chi connectivity index (χ3n) is 1.09. The molecule has 0 saturated carbocycles. The number of aliphatic hydroxyl groups excluding tert-OH is 1. The van der Waals surface area contributed by atoms with Gasteiger partial charge in [-0.2, -0.15) is 0 Å². The number of hydrogen-bond donors (Lipinski definition) is 1. The first kappa shape index (κ1) is 8.89. The van der Waals surface area contributed by atoms with Gasteiger partial charge in [-0.25, -0.2) is 4.98 Å². The van der Waals surface area contributed by atoms with E-state index in [1.165, 1.54) is 6.08 Å². The number of aliphatic hydroxyl groups is 1. The van der Waals surface area contributed by atoms with Gasteiger partial charge in [0.1, 0.15) is 11.0 Å². The zero-order chi connectivity index (χ0) is 8.97. The molecule has 1 heterocycles. The van der Waals surface area contributed by atoms with Crippen molar-refractivity contribution in [1.82, 2.24) is 4.98 Å². The van der Waals surface area contributed by atoms with E-state index in [1.807, 2.05) is 0 Å². The molecule has 5 heteroatoms. The van der Waals surface area contributed by atoms with Gasteiger partial charge in [-0.15, -0.1) is 11.3 Å². The number of carbonyl (C=O) groups is 1. The molecule has 0 radical (unpaired) electrons. The second-order valence-electron chi connectivity index (χ2n) is 1.95. The lowest BCUT2D eigenvalue weighted by Gasteiger charge is -1.91. The highest BCUT2D eigenvalue weighted by Crippen LogP contribution is 2.09. The van der Waals surface area contributed by atoms with Gasteiger partial charge in [0.2, 0.25) is 0 Å². The van der Waals surface area contributed by atoms with Crippen molar-refractivity contribution in [2.24, 2.45) is 0 Å². The van der Waals surface area contributed by atoms with Crippen molar-refractivity contribution in [3.63, 3.8) is 0 Å². The molecular formula is C7H6NO3S-.